The van der Waals surface area contributed by atoms with Crippen molar-refractivity contribution in [3.8, 4) is 0 Å². The highest BCUT2D eigenvalue weighted by Crippen LogP contribution is 2.48. The third-order valence-electron chi connectivity index (χ3n) is 5.28. The Morgan fingerprint density at radius 2 is 1.82 bits per heavy atom. The van der Waals surface area contributed by atoms with Gasteiger partial charge in [0.25, 0.3) is 0 Å². The van der Waals surface area contributed by atoms with Gasteiger partial charge in [-0.3, -0.25) is 14.5 Å². The molecule has 1 heterocycles. The minimum Gasteiger partial charge on any atom is -0.357 e. The summed E-state index contributed by atoms with van der Waals surface area (Å²) in [6.07, 6.45) is 2.26. The number of allylic oxidation sites excluding steroid dienone is 1. The summed E-state index contributed by atoms with van der Waals surface area (Å²) < 4.78 is 0. The number of benzene rings is 2. The van der Waals surface area contributed by atoms with Crippen molar-refractivity contribution in [1.29, 1.82) is 0 Å². The lowest BCUT2D eigenvalue weighted by Gasteiger charge is -2.34. The van der Waals surface area contributed by atoms with Gasteiger partial charge in [0, 0.05) is 39.7 Å². The van der Waals surface area contributed by atoms with Crippen molar-refractivity contribution in [1.82, 2.24) is 0 Å². The van der Waals surface area contributed by atoms with Gasteiger partial charge in [-0.25, -0.2) is 0 Å². The molecule has 2 aromatic rings. The maximum Gasteiger partial charge on any atom is 0.227 e. The number of fused-ring (bicyclic) bond motifs is 1. The number of Topliss-reactive ketones (excluding diaryl/α,β-unsaturated/α-hetero) is 1. The minimum atomic E-state index is -0.660. The molecule has 2 aromatic carbocycles. The van der Waals surface area contributed by atoms with Crippen molar-refractivity contribution in [3.05, 3.63) is 69.3 Å². The first-order valence-corrected chi connectivity index (χ1v) is 10.2. The van der Waals surface area contributed by atoms with Crippen molar-refractivity contribution in [3.63, 3.8) is 0 Å². The zero-order chi connectivity index (χ0) is 19.8. The van der Waals surface area contributed by atoms with Crippen LogP contribution in [0.5, 0.6) is 0 Å². The van der Waals surface area contributed by atoms with Crippen LogP contribution in [0.1, 0.15) is 44.2 Å². The van der Waals surface area contributed by atoms with E-state index in [1.807, 2.05) is 31.2 Å². The van der Waals surface area contributed by atoms with E-state index in [2.05, 4.69) is 5.32 Å². The van der Waals surface area contributed by atoms with Crippen LogP contribution in [0.25, 0.3) is 0 Å². The fraction of sp³-hybridized carbons (Fsp3) is 0.273. The lowest BCUT2D eigenvalue weighted by Crippen LogP contribution is -2.38. The van der Waals surface area contributed by atoms with Crippen LogP contribution in [-0.4, -0.2) is 11.7 Å². The fourth-order valence-corrected chi connectivity index (χ4v) is 4.63. The van der Waals surface area contributed by atoms with Crippen molar-refractivity contribution >= 4 is 46.3 Å². The molecule has 1 aliphatic heterocycles. The second-order valence-corrected chi connectivity index (χ2v) is 7.78. The number of amides is 1. The van der Waals surface area contributed by atoms with E-state index < -0.39 is 6.04 Å². The van der Waals surface area contributed by atoms with Crippen LogP contribution >= 0.6 is 23.2 Å². The molecule has 0 aromatic heterocycles. The molecular weight excluding hydrogens is 395 g/mol. The number of rotatable bonds is 2. The topological polar surface area (TPSA) is 49.4 Å². The smallest absolute Gasteiger partial charge is 0.227 e. The largest absolute Gasteiger partial charge is 0.357 e. The first-order chi connectivity index (χ1) is 13.5. The second-order valence-electron chi connectivity index (χ2n) is 6.97. The summed E-state index contributed by atoms with van der Waals surface area (Å²) in [6, 6.07) is 12.2. The standard InChI is InChI=1S/C22H20Cl2N2O2/c1-2-19(28)26-17-11-4-3-9-15(17)25-16-10-6-12-18(27)21(16)22(26)20-13(23)7-5-8-14(20)24/h3-5,7-9,11,22,25H,2,6,10,12H2,1H3/t22-/m0/s1. The summed E-state index contributed by atoms with van der Waals surface area (Å²) in [6.45, 7) is 1.81. The number of nitrogens with zero attached hydrogens (tertiary/aromatic N) is 1. The van der Waals surface area contributed by atoms with Gasteiger partial charge in [0.1, 0.15) is 0 Å². The third kappa shape index (κ3) is 3.11. The Morgan fingerprint density at radius 3 is 2.54 bits per heavy atom. The van der Waals surface area contributed by atoms with Gasteiger partial charge < -0.3 is 5.32 Å². The molecule has 0 radical (unpaired) electrons. The number of carbonyl (C=O) groups excluding carboxylic acids is 2. The van der Waals surface area contributed by atoms with Crippen molar-refractivity contribution in [2.45, 2.75) is 38.6 Å². The molecule has 4 rings (SSSR count). The molecule has 1 atom stereocenters. The lowest BCUT2D eigenvalue weighted by atomic mass is 9.85. The number of para-hydroxylation sites is 2. The number of carbonyl (C=O) groups is 2. The predicted molar refractivity (Wildman–Crippen MR) is 113 cm³/mol. The first kappa shape index (κ1) is 19.0. The van der Waals surface area contributed by atoms with E-state index in [4.69, 9.17) is 23.2 Å². The van der Waals surface area contributed by atoms with Crippen molar-refractivity contribution in [2.24, 2.45) is 0 Å². The Labute approximate surface area is 174 Å². The Bertz CT molecular complexity index is 980. The third-order valence-corrected chi connectivity index (χ3v) is 5.94. The van der Waals surface area contributed by atoms with Crippen LogP contribution < -0.4 is 10.2 Å². The van der Waals surface area contributed by atoms with Crippen LogP contribution in [0.15, 0.2) is 53.7 Å². The van der Waals surface area contributed by atoms with E-state index in [1.165, 1.54) is 0 Å². The Morgan fingerprint density at radius 1 is 1.11 bits per heavy atom. The molecule has 28 heavy (non-hydrogen) atoms. The second kappa shape index (κ2) is 7.61. The molecule has 1 amide bonds. The summed E-state index contributed by atoms with van der Waals surface area (Å²) in [7, 11) is 0. The molecule has 144 valence electrons. The number of halogens is 2. The predicted octanol–water partition coefficient (Wildman–Crippen LogP) is 5.91. The number of ketones is 1. The highest BCUT2D eigenvalue weighted by Gasteiger charge is 2.40. The number of hydrogen-bond acceptors (Lipinski definition) is 3. The molecule has 0 fully saturated rings. The summed E-state index contributed by atoms with van der Waals surface area (Å²) in [5, 5.41) is 4.30. The number of anilines is 2. The minimum absolute atomic E-state index is 0.0245. The highest BCUT2D eigenvalue weighted by atomic mass is 35.5. The Balaban J connectivity index is 2.06. The highest BCUT2D eigenvalue weighted by molar-refractivity contribution is 6.36. The molecule has 0 unspecified atom stereocenters. The van der Waals surface area contributed by atoms with Gasteiger partial charge in [-0.1, -0.05) is 48.3 Å². The van der Waals surface area contributed by atoms with Gasteiger partial charge in [0.2, 0.25) is 5.91 Å². The SMILES string of the molecule is CCC(=O)N1c2ccccc2NC2=C(C(=O)CCC2)[C@@H]1c1c(Cl)cccc1Cl. The maximum absolute atomic E-state index is 13.1. The van der Waals surface area contributed by atoms with Crippen molar-refractivity contribution < 1.29 is 9.59 Å². The zero-order valence-corrected chi connectivity index (χ0v) is 17.0. The van der Waals surface area contributed by atoms with E-state index in [0.29, 0.717) is 34.0 Å². The van der Waals surface area contributed by atoms with E-state index in [0.717, 1.165) is 29.9 Å². The average Bonchev–Trinajstić information content (AvgIpc) is 2.82. The molecule has 1 aliphatic carbocycles. The summed E-state index contributed by atoms with van der Waals surface area (Å²) in [4.78, 5) is 27.9. The number of hydrogen-bond donors (Lipinski definition) is 1. The van der Waals surface area contributed by atoms with Gasteiger partial charge in [0.05, 0.1) is 17.4 Å². The van der Waals surface area contributed by atoms with E-state index in [9.17, 15) is 9.59 Å². The van der Waals surface area contributed by atoms with Crippen LogP contribution in [0.3, 0.4) is 0 Å². The van der Waals surface area contributed by atoms with Gasteiger partial charge in [-0.15, -0.1) is 0 Å². The average molecular weight is 415 g/mol. The molecule has 0 spiro atoms. The van der Waals surface area contributed by atoms with Crippen molar-refractivity contribution in [2.75, 3.05) is 10.2 Å². The summed E-state index contributed by atoms with van der Waals surface area (Å²) in [5.74, 6) is -0.0706. The monoisotopic (exact) mass is 414 g/mol. The fourth-order valence-electron chi connectivity index (χ4n) is 4.02. The van der Waals surface area contributed by atoms with Crippen LogP contribution in [0.4, 0.5) is 11.4 Å². The Hall–Kier alpha value is -2.30. The molecule has 0 bridgehead atoms. The molecular formula is C22H20Cl2N2O2. The zero-order valence-electron chi connectivity index (χ0n) is 15.5. The lowest BCUT2D eigenvalue weighted by molar-refractivity contribution is -0.118. The van der Waals surface area contributed by atoms with Crippen LogP contribution in [-0.2, 0) is 9.59 Å². The van der Waals surface area contributed by atoms with Gasteiger partial charge in [0.15, 0.2) is 5.78 Å². The molecule has 0 saturated heterocycles. The summed E-state index contributed by atoms with van der Waals surface area (Å²) in [5.41, 5.74) is 3.54. The van der Waals surface area contributed by atoms with Gasteiger partial charge >= 0.3 is 0 Å². The van der Waals surface area contributed by atoms with E-state index in [1.54, 1.807) is 23.1 Å². The van der Waals surface area contributed by atoms with Crippen LogP contribution in [0, 0.1) is 0 Å². The maximum atomic E-state index is 13.1. The number of nitrogens with one attached hydrogen (secondary N) is 1. The molecule has 2 aliphatic rings. The molecule has 4 nitrogen and oxygen atoms in total. The van der Waals surface area contributed by atoms with Crippen LogP contribution in [0.2, 0.25) is 10.0 Å². The first-order valence-electron chi connectivity index (χ1n) is 9.41. The molecule has 1 N–H and O–H groups in total. The summed E-state index contributed by atoms with van der Waals surface area (Å²) >= 11 is 13.1. The molecule has 6 heteroatoms. The van der Waals surface area contributed by atoms with E-state index >= 15 is 0 Å². The van der Waals surface area contributed by atoms with Gasteiger partial charge in [-0.05, 0) is 37.1 Å². The van der Waals surface area contributed by atoms with E-state index in [-0.39, 0.29) is 11.7 Å². The Kier molecular flexibility index (Phi) is 5.17. The quantitative estimate of drug-likeness (QED) is 0.664. The normalized spacial score (nSPS) is 18.9. The molecule has 0 saturated carbocycles. The van der Waals surface area contributed by atoms with Gasteiger partial charge in [-0.2, -0.15) is 0 Å².